The number of aromatic nitrogens is 4. The zero-order valence-electron chi connectivity index (χ0n) is 33.6. The predicted molar refractivity (Wildman–Crippen MR) is 216 cm³/mol. The van der Waals surface area contributed by atoms with Crippen LogP contribution in [0.4, 0.5) is 0 Å². The SMILES string of the molecule is COc1ccc(C(OC[C@]23CC(C)[C@@H]([C@H](n4cnc5nc[nH]c5c4=N)O2)[C@@H]3OP(OCCC#N)N(C(C)C)C(C)C)(c2ccccc2)c2ccc(OC)cc2)cc1. The number of hydrogen-bond donors (Lipinski definition) is 2. The van der Waals surface area contributed by atoms with E-state index in [9.17, 15) is 10.7 Å². The Morgan fingerprint density at radius 3 is 2.16 bits per heavy atom. The molecule has 57 heavy (non-hydrogen) atoms. The van der Waals surface area contributed by atoms with E-state index in [1.165, 1.54) is 0 Å². The fraction of sp³-hybridized carbons (Fsp3) is 0.442. The first-order valence-corrected chi connectivity index (χ1v) is 20.6. The molecule has 13 nitrogen and oxygen atoms in total. The first kappa shape index (κ1) is 40.5. The van der Waals surface area contributed by atoms with Gasteiger partial charge in [0.15, 0.2) is 11.1 Å². The standard InChI is InChI=1S/C43H52N7O6P/c1-28(2)50(29(3)4)57(54-23-11-22-44)56-38-36-30(5)24-42(38,55-41(36)49-27-48-40-37(39(49)45)46-26-47-40)25-53-43(31-12-9-8-10-13-31,32-14-18-34(51-6)19-15-32)33-16-20-35(52-7)21-17-33/h8-10,12-21,26-30,36,38,41,45H,11,23-25H2,1-7H3,(H,46,47)/t30?,36-,38+,41-,42+,57?/m1/s1. The van der Waals surface area contributed by atoms with Crippen molar-refractivity contribution < 1.29 is 28.0 Å². The maximum atomic E-state index is 9.46. The number of nitriles is 1. The lowest BCUT2D eigenvalue weighted by Gasteiger charge is -2.42. The van der Waals surface area contributed by atoms with Crippen molar-refractivity contribution >= 4 is 19.7 Å². The molecule has 2 bridgehead atoms. The summed E-state index contributed by atoms with van der Waals surface area (Å²) in [5.41, 5.74) is 1.82. The second kappa shape index (κ2) is 17.0. The summed E-state index contributed by atoms with van der Waals surface area (Å²) >= 11 is 0. The molecule has 2 N–H and O–H groups in total. The molecule has 0 amide bonds. The normalized spacial score (nSPS) is 22.4. The van der Waals surface area contributed by atoms with Gasteiger partial charge in [0.1, 0.15) is 46.9 Å². The van der Waals surface area contributed by atoms with E-state index in [0.29, 0.717) is 17.6 Å². The average molecular weight is 794 g/mol. The van der Waals surface area contributed by atoms with Crippen molar-refractivity contribution in [3.8, 4) is 17.6 Å². The van der Waals surface area contributed by atoms with Crippen molar-refractivity contribution in [2.45, 2.75) is 83.1 Å². The van der Waals surface area contributed by atoms with Crippen LogP contribution in [-0.2, 0) is 24.1 Å². The smallest absolute Gasteiger partial charge is 0.259 e. The van der Waals surface area contributed by atoms with Gasteiger partial charge >= 0.3 is 0 Å². The molecule has 6 atom stereocenters. The van der Waals surface area contributed by atoms with Crippen LogP contribution in [0.1, 0.15) is 70.4 Å². The van der Waals surface area contributed by atoms with E-state index in [1.807, 2.05) is 66.7 Å². The Balaban J connectivity index is 1.38. The minimum atomic E-state index is -1.66. The van der Waals surface area contributed by atoms with E-state index in [2.05, 4.69) is 72.4 Å². The van der Waals surface area contributed by atoms with Gasteiger partial charge in [-0.3, -0.25) is 9.98 Å². The van der Waals surface area contributed by atoms with Gasteiger partial charge in [0.2, 0.25) is 0 Å². The number of aromatic amines is 1. The highest BCUT2D eigenvalue weighted by Crippen LogP contribution is 2.62. The third kappa shape index (κ3) is 7.58. The molecule has 3 heterocycles. The molecule has 1 saturated heterocycles. The molecular formula is C43H52N7O6P. The minimum absolute atomic E-state index is 0.0932. The quantitative estimate of drug-likeness (QED) is 0.0541. The van der Waals surface area contributed by atoms with Crippen molar-refractivity contribution in [2.24, 2.45) is 11.8 Å². The number of ether oxygens (including phenoxy) is 4. The highest BCUT2D eigenvalue weighted by molar-refractivity contribution is 7.44. The molecule has 2 unspecified atom stereocenters. The molecule has 3 aromatic carbocycles. The molecule has 2 fully saturated rings. The second-order valence-corrected chi connectivity index (χ2v) is 16.7. The van der Waals surface area contributed by atoms with Crippen LogP contribution in [0, 0.1) is 28.6 Å². The van der Waals surface area contributed by atoms with Crippen LogP contribution in [-0.4, -0.2) is 75.4 Å². The topological polar surface area (TPSA) is 153 Å². The zero-order valence-corrected chi connectivity index (χ0v) is 34.5. The molecule has 1 saturated carbocycles. The Morgan fingerprint density at radius 2 is 1.58 bits per heavy atom. The fourth-order valence-electron chi connectivity index (χ4n) is 8.65. The first-order valence-electron chi connectivity index (χ1n) is 19.4. The Bertz CT molecular complexity index is 2150. The van der Waals surface area contributed by atoms with E-state index in [1.54, 1.807) is 31.4 Å². The summed E-state index contributed by atoms with van der Waals surface area (Å²) in [7, 11) is 1.65. The van der Waals surface area contributed by atoms with Crippen molar-refractivity contribution in [3.63, 3.8) is 0 Å². The van der Waals surface area contributed by atoms with Crippen LogP contribution >= 0.6 is 8.53 Å². The Labute approximate surface area is 335 Å². The monoisotopic (exact) mass is 793 g/mol. The number of nitrogens with one attached hydrogen (secondary N) is 2. The minimum Gasteiger partial charge on any atom is -0.497 e. The van der Waals surface area contributed by atoms with E-state index in [0.717, 1.165) is 28.2 Å². The van der Waals surface area contributed by atoms with Crippen LogP contribution in [0.2, 0.25) is 0 Å². The molecule has 0 radical (unpaired) electrons. The number of H-pyrrole nitrogens is 1. The number of hydrogen-bond acceptors (Lipinski definition) is 11. The Morgan fingerprint density at radius 1 is 0.965 bits per heavy atom. The van der Waals surface area contributed by atoms with Crippen LogP contribution in [0.15, 0.2) is 91.5 Å². The number of methoxy groups -OCH3 is 2. The van der Waals surface area contributed by atoms with Crippen molar-refractivity contribution in [1.29, 1.82) is 10.7 Å². The summed E-state index contributed by atoms with van der Waals surface area (Å²) in [5.74, 6) is 1.35. The summed E-state index contributed by atoms with van der Waals surface area (Å²) in [6, 6.07) is 28.5. The van der Waals surface area contributed by atoms with Crippen LogP contribution in [0.3, 0.4) is 0 Å². The van der Waals surface area contributed by atoms with Gasteiger partial charge in [-0.2, -0.15) is 5.26 Å². The summed E-state index contributed by atoms with van der Waals surface area (Å²) in [4.78, 5) is 12.0. The number of rotatable bonds is 17. The van der Waals surface area contributed by atoms with Crippen LogP contribution in [0.25, 0.3) is 11.2 Å². The maximum absolute atomic E-state index is 9.46. The molecule has 2 aliphatic rings. The maximum Gasteiger partial charge on any atom is 0.259 e. The lowest BCUT2D eigenvalue weighted by Crippen LogP contribution is -2.47. The lowest BCUT2D eigenvalue weighted by atomic mass is 9.79. The summed E-state index contributed by atoms with van der Waals surface area (Å²) in [5, 5.41) is 18.7. The van der Waals surface area contributed by atoms with Gasteiger partial charge in [-0.1, -0.05) is 61.5 Å². The Kier molecular flexibility index (Phi) is 12.1. The van der Waals surface area contributed by atoms with E-state index in [-0.39, 0.29) is 49.0 Å². The fourth-order valence-corrected chi connectivity index (χ4v) is 10.5. The third-order valence-corrected chi connectivity index (χ3v) is 13.3. The van der Waals surface area contributed by atoms with Gasteiger partial charge in [-0.15, -0.1) is 0 Å². The average Bonchev–Trinajstić information content (AvgIpc) is 3.89. The summed E-state index contributed by atoms with van der Waals surface area (Å²) in [6.45, 7) is 11.1. The highest BCUT2D eigenvalue weighted by Gasteiger charge is 2.66. The third-order valence-electron chi connectivity index (χ3n) is 11.1. The van der Waals surface area contributed by atoms with Crippen molar-refractivity contribution in [3.05, 3.63) is 114 Å². The molecular weight excluding hydrogens is 741 g/mol. The lowest BCUT2D eigenvalue weighted by molar-refractivity contribution is -0.174. The summed E-state index contributed by atoms with van der Waals surface area (Å²) < 4.78 is 43.9. The molecule has 5 aromatic rings. The number of benzene rings is 3. The van der Waals surface area contributed by atoms with Gasteiger partial charge < -0.3 is 33.0 Å². The molecule has 14 heteroatoms. The van der Waals surface area contributed by atoms with Gasteiger partial charge in [0, 0.05) is 18.0 Å². The van der Waals surface area contributed by atoms with Gasteiger partial charge in [0.05, 0.1) is 46.3 Å². The van der Waals surface area contributed by atoms with Crippen LogP contribution < -0.4 is 15.0 Å². The number of fused-ring (bicyclic) bond motifs is 3. The molecule has 2 aromatic heterocycles. The highest BCUT2D eigenvalue weighted by atomic mass is 31.2. The molecule has 300 valence electrons. The molecule has 7 rings (SSSR count). The Hall–Kier alpha value is -4.67. The van der Waals surface area contributed by atoms with Gasteiger partial charge in [0.25, 0.3) is 8.53 Å². The van der Waals surface area contributed by atoms with Crippen LogP contribution in [0.5, 0.6) is 11.5 Å². The largest absolute Gasteiger partial charge is 0.497 e. The van der Waals surface area contributed by atoms with Crippen molar-refractivity contribution in [1.82, 2.24) is 24.2 Å². The van der Waals surface area contributed by atoms with E-state index >= 15 is 0 Å². The number of imidazole rings is 1. The second-order valence-electron chi connectivity index (χ2n) is 15.3. The van der Waals surface area contributed by atoms with Crippen molar-refractivity contribution in [2.75, 3.05) is 27.4 Å². The molecule has 0 spiro atoms. The van der Waals surface area contributed by atoms with E-state index < -0.39 is 32.1 Å². The van der Waals surface area contributed by atoms with E-state index in [4.69, 9.17) is 28.0 Å². The predicted octanol–water partition coefficient (Wildman–Crippen LogP) is 7.85. The number of nitrogens with zero attached hydrogens (tertiary/aromatic N) is 5. The first-order chi connectivity index (χ1) is 27.6. The summed E-state index contributed by atoms with van der Waals surface area (Å²) in [6.07, 6.45) is 2.93. The molecule has 1 aliphatic carbocycles. The molecule has 1 aliphatic heterocycles. The van der Waals surface area contributed by atoms with Gasteiger partial charge in [-0.05, 0) is 81.0 Å². The zero-order chi connectivity index (χ0) is 40.3. The van der Waals surface area contributed by atoms with Gasteiger partial charge in [-0.25, -0.2) is 14.6 Å².